The Labute approximate surface area is 149 Å². The standard InChI is InChI=1S/C19H17BrN2O2/c20-15-8-10-16(11-9-15)22-18(23)13-21-19(17-7-4-12-24-17)14-5-2-1-3-6-14/h1-12,19,21H,13H2,(H,22,23)/p+1/t19-/m0/s1. The fourth-order valence-corrected chi connectivity index (χ4v) is 2.78. The molecule has 1 atom stereocenters. The largest absolute Gasteiger partial charge is 0.463 e. The van der Waals surface area contributed by atoms with Gasteiger partial charge in [-0.1, -0.05) is 46.3 Å². The van der Waals surface area contributed by atoms with Crippen LogP contribution in [0.1, 0.15) is 17.4 Å². The molecule has 3 aromatic rings. The highest BCUT2D eigenvalue weighted by atomic mass is 79.9. The number of benzene rings is 2. The van der Waals surface area contributed by atoms with Crippen LogP contribution in [0.3, 0.4) is 0 Å². The van der Waals surface area contributed by atoms with Crippen LogP contribution in [0, 0.1) is 0 Å². The van der Waals surface area contributed by atoms with Crippen molar-refractivity contribution in [3.8, 4) is 0 Å². The number of quaternary nitrogens is 1. The van der Waals surface area contributed by atoms with Gasteiger partial charge in [-0.15, -0.1) is 0 Å². The van der Waals surface area contributed by atoms with Crippen LogP contribution in [0.4, 0.5) is 5.69 Å². The van der Waals surface area contributed by atoms with Gasteiger partial charge < -0.3 is 15.1 Å². The highest BCUT2D eigenvalue weighted by molar-refractivity contribution is 9.10. The van der Waals surface area contributed by atoms with Crippen molar-refractivity contribution >= 4 is 27.5 Å². The molecule has 0 aliphatic rings. The van der Waals surface area contributed by atoms with E-state index < -0.39 is 0 Å². The Morgan fingerprint density at radius 2 is 1.79 bits per heavy atom. The third kappa shape index (κ3) is 4.34. The minimum Gasteiger partial charge on any atom is -0.463 e. The van der Waals surface area contributed by atoms with E-state index >= 15 is 0 Å². The SMILES string of the molecule is O=C(C[NH2+][C@@H](c1ccccc1)c1ccco1)Nc1ccc(Br)cc1. The first-order chi connectivity index (χ1) is 11.7. The summed E-state index contributed by atoms with van der Waals surface area (Å²) in [7, 11) is 0. The van der Waals surface area contributed by atoms with Crippen molar-refractivity contribution in [2.24, 2.45) is 0 Å². The van der Waals surface area contributed by atoms with E-state index in [-0.39, 0.29) is 11.9 Å². The highest BCUT2D eigenvalue weighted by Gasteiger charge is 2.21. The molecule has 0 saturated heterocycles. The number of carbonyl (C=O) groups is 1. The molecule has 4 nitrogen and oxygen atoms in total. The Kier molecular flexibility index (Phi) is 5.46. The van der Waals surface area contributed by atoms with Crippen molar-refractivity contribution in [3.05, 3.63) is 88.8 Å². The first-order valence-corrected chi connectivity index (χ1v) is 8.49. The molecule has 0 fully saturated rings. The number of hydrogen-bond donors (Lipinski definition) is 2. The van der Waals surface area contributed by atoms with Crippen LogP contribution >= 0.6 is 15.9 Å². The second-order valence-corrected chi connectivity index (χ2v) is 6.31. The Morgan fingerprint density at radius 3 is 2.46 bits per heavy atom. The Hall–Kier alpha value is -2.37. The minimum absolute atomic E-state index is 0.0446. The summed E-state index contributed by atoms with van der Waals surface area (Å²) in [5.41, 5.74) is 1.88. The lowest BCUT2D eigenvalue weighted by Gasteiger charge is -2.14. The van der Waals surface area contributed by atoms with Crippen LogP contribution < -0.4 is 10.6 Å². The second-order valence-electron chi connectivity index (χ2n) is 5.40. The molecule has 1 amide bonds. The molecule has 0 spiro atoms. The number of amides is 1. The predicted molar refractivity (Wildman–Crippen MR) is 96.6 cm³/mol. The maximum Gasteiger partial charge on any atom is 0.279 e. The van der Waals surface area contributed by atoms with E-state index in [9.17, 15) is 4.79 Å². The lowest BCUT2D eigenvalue weighted by molar-refractivity contribution is -0.678. The van der Waals surface area contributed by atoms with Crippen LogP contribution in [0.2, 0.25) is 0 Å². The maximum absolute atomic E-state index is 12.2. The summed E-state index contributed by atoms with van der Waals surface area (Å²) in [6, 6.07) is 21.3. The third-order valence-corrected chi connectivity index (χ3v) is 4.20. The number of halogens is 1. The molecule has 0 radical (unpaired) electrons. The molecule has 1 aromatic heterocycles. The van der Waals surface area contributed by atoms with Crippen LogP contribution in [0.15, 0.2) is 81.9 Å². The molecule has 122 valence electrons. The molecular weight excluding hydrogens is 368 g/mol. The van der Waals surface area contributed by atoms with Gasteiger partial charge >= 0.3 is 0 Å². The van der Waals surface area contributed by atoms with Gasteiger partial charge in [-0.05, 0) is 36.4 Å². The summed E-state index contributed by atoms with van der Waals surface area (Å²) in [6.07, 6.45) is 1.65. The van der Waals surface area contributed by atoms with E-state index in [1.165, 1.54) is 0 Å². The number of rotatable bonds is 6. The van der Waals surface area contributed by atoms with Crippen molar-refractivity contribution < 1.29 is 14.5 Å². The Bertz CT molecular complexity index is 771. The fourth-order valence-electron chi connectivity index (χ4n) is 2.52. The molecule has 5 heteroatoms. The zero-order chi connectivity index (χ0) is 16.8. The fraction of sp³-hybridized carbons (Fsp3) is 0.105. The summed E-state index contributed by atoms with van der Waals surface area (Å²) in [5, 5.41) is 4.87. The normalized spacial score (nSPS) is 11.9. The number of anilines is 1. The molecule has 3 rings (SSSR count). The van der Waals surface area contributed by atoms with Crippen molar-refractivity contribution in [2.75, 3.05) is 11.9 Å². The van der Waals surface area contributed by atoms with Crippen molar-refractivity contribution in [3.63, 3.8) is 0 Å². The number of nitrogens with two attached hydrogens (primary N) is 1. The average molecular weight is 386 g/mol. The van der Waals surface area contributed by atoms with Gasteiger partial charge in [-0.25, -0.2) is 0 Å². The van der Waals surface area contributed by atoms with E-state index in [0.29, 0.717) is 6.54 Å². The smallest absolute Gasteiger partial charge is 0.279 e. The Morgan fingerprint density at radius 1 is 1.04 bits per heavy atom. The van der Waals surface area contributed by atoms with Crippen molar-refractivity contribution in [1.82, 2.24) is 0 Å². The van der Waals surface area contributed by atoms with Crippen LogP contribution in [-0.2, 0) is 4.79 Å². The van der Waals surface area contributed by atoms with Crippen molar-refractivity contribution in [2.45, 2.75) is 6.04 Å². The molecule has 0 unspecified atom stereocenters. The summed E-state index contributed by atoms with van der Waals surface area (Å²) in [5.74, 6) is 0.780. The van der Waals surface area contributed by atoms with E-state index in [4.69, 9.17) is 4.42 Å². The molecule has 24 heavy (non-hydrogen) atoms. The van der Waals surface area contributed by atoms with Crippen molar-refractivity contribution in [1.29, 1.82) is 0 Å². The lowest BCUT2D eigenvalue weighted by atomic mass is 10.0. The minimum atomic E-state index is -0.0511. The summed E-state index contributed by atoms with van der Waals surface area (Å²) in [4.78, 5) is 12.2. The Balaban J connectivity index is 1.65. The van der Waals surface area contributed by atoms with Gasteiger partial charge in [0.2, 0.25) is 0 Å². The number of hydrogen-bond acceptors (Lipinski definition) is 2. The quantitative estimate of drug-likeness (QED) is 0.683. The van der Waals surface area contributed by atoms with Gasteiger partial charge in [0.25, 0.3) is 5.91 Å². The summed E-state index contributed by atoms with van der Waals surface area (Å²) < 4.78 is 6.53. The number of nitrogens with one attached hydrogen (secondary N) is 1. The zero-order valence-electron chi connectivity index (χ0n) is 13.0. The second kappa shape index (κ2) is 7.95. The first kappa shape index (κ1) is 16.5. The molecule has 0 aliphatic carbocycles. The molecule has 0 saturated carbocycles. The predicted octanol–water partition coefficient (Wildman–Crippen LogP) is 3.33. The molecule has 2 aromatic carbocycles. The molecule has 0 bridgehead atoms. The maximum atomic E-state index is 12.2. The topological polar surface area (TPSA) is 58.9 Å². The van der Waals surface area contributed by atoms with Gasteiger partial charge in [0.15, 0.2) is 18.3 Å². The van der Waals surface area contributed by atoms with Gasteiger partial charge in [0.05, 0.1) is 6.26 Å². The van der Waals surface area contributed by atoms with Gasteiger partial charge in [-0.3, -0.25) is 4.79 Å². The van der Waals surface area contributed by atoms with E-state index in [2.05, 4.69) is 21.2 Å². The first-order valence-electron chi connectivity index (χ1n) is 7.69. The lowest BCUT2D eigenvalue weighted by Crippen LogP contribution is -2.87. The highest BCUT2D eigenvalue weighted by Crippen LogP contribution is 2.18. The molecule has 0 aliphatic heterocycles. The number of furan rings is 1. The third-order valence-electron chi connectivity index (χ3n) is 3.68. The van der Waals surface area contributed by atoms with Crippen LogP contribution in [0.5, 0.6) is 0 Å². The van der Waals surface area contributed by atoms with E-state index in [1.54, 1.807) is 6.26 Å². The summed E-state index contributed by atoms with van der Waals surface area (Å²) >= 11 is 3.38. The van der Waals surface area contributed by atoms with Gasteiger partial charge in [-0.2, -0.15) is 0 Å². The van der Waals surface area contributed by atoms with Crippen LogP contribution in [0.25, 0.3) is 0 Å². The zero-order valence-corrected chi connectivity index (χ0v) is 14.6. The number of carbonyl (C=O) groups excluding carboxylic acids is 1. The molecule has 3 N–H and O–H groups in total. The average Bonchev–Trinajstić information content (AvgIpc) is 3.12. The molecular formula is C19H18BrN2O2+. The van der Waals surface area contributed by atoms with Gasteiger partial charge in [0, 0.05) is 15.7 Å². The molecule has 1 heterocycles. The monoisotopic (exact) mass is 385 g/mol. The van der Waals surface area contributed by atoms with Crippen LogP contribution in [-0.4, -0.2) is 12.5 Å². The summed E-state index contributed by atoms with van der Waals surface area (Å²) in [6.45, 7) is 0.302. The van der Waals surface area contributed by atoms with E-state index in [1.807, 2.05) is 72.0 Å². The van der Waals surface area contributed by atoms with E-state index in [0.717, 1.165) is 21.5 Å². The van der Waals surface area contributed by atoms with Gasteiger partial charge in [0.1, 0.15) is 0 Å².